The molecule has 4 unspecified atom stereocenters. The number of hydrogen-bond acceptors (Lipinski definition) is 15. The molecular weight excluding hydrogens is 1140 g/mol. The molecule has 0 amide bonds. The first-order chi connectivity index (χ1) is 41.3. The van der Waals surface area contributed by atoms with Crippen LogP contribution in [0.4, 0.5) is 0 Å². The first-order valence-corrected chi connectivity index (χ1v) is 37.9. The Morgan fingerprint density at radius 1 is 0.337 bits per heavy atom. The molecular formula is C67H130O17P2. The van der Waals surface area contributed by atoms with E-state index in [-0.39, 0.29) is 25.7 Å². The fraction of sp³-hybridized carbons (Fsp3) is 0.940. The molecule has 510 valence electrons. The van der Waals surface area contributed by atoms with Gasteiger partial charge in [0.2, 0.25) is 0 Å². The lowest BCUT2D eigenvalue weighted by Crippen LogP contribution is -2.30. The van der Waals surface area contributed by atoms with Gasteiger partial charge in [-0.05, 0) is 43.4 Å². The van der Waals surface area contributed by atoms with E-state index in [0.29, 0.717) is 25.7 Å². The van der Waals surface area contributed by atoms with E-state index >= 15 is 0 Å². The Balaban J connectivity index is 5.23. The summed E-state index contributed by atoms with van der Waals surface area (Å²) in [4.78, 5) is 72.3. The Kier molecular flexibility index (Phi) is 56.9. The number of phosphoric ester groups is 2. The molecule has 19 heteroatoms. The second-order valence-corrected chi connectivity index (χ2v) is 28.1. The smallest absolute Gasteiger partial charge is 0.462 e. The van der Waals surface area contributed by atoms with Crippen LogP contribution in [0.5, 0.6) is 0 Å². The van der Waals surface area contributed by atoms with Crippen molar-refractivity contribution < 1.29 is 80.2 Å². The number of ether oxygens (including phenoxy) is 4. The van der Waals surface area contributed by atoms with Gasteiger partial charge in [0.25, 0.3) is 0 Å². The summed E-state index contributed by atoms with van der Waals surface area (Å²) in [7, 11) is -9.89. The number of aliphatic hydroxyl groups excluding tert-OH is 1. The molecule has 0 bridgehead atoms. The molecule has 0 aliphatic carbocycles. The first kappa shape index (κ1) is 84.1. The number of carbonyl (C=O) groups excluding carboxylic acids is 4. The van der Waals surface area contributed by atoms with Crippen molar-refractivity contribution in [3.8, 4) is 0 Å². The third kappa shape index (κ3) is 58.4. The highest BCUT2D eigenvalue weighted by Crippen LogP contribution is 2.45. The normalized spacial score (nSPS) is 14.9. The molecule has 0 spiro atoms. The van der Waals surface area contributed by atoms with Crippen molar-refractivity contribution in [2.45, 2.75) is 349 Å². The van der Waals surface area contributed by atoms with Crippen molar-refractivity contribution in [1.82, 2.24) is 0 Å². The summed E-state index contributed by atoms with van der Waals surface area (Å²) in [6.07, 6.45) is 40.3. The van der Waals surface area contributed by atoms with Crippen LogP contribution >= 0.6 is 15.6 Å². The van der Waals surface area contributed by atoms with Gasteiger partial charge < -0.3 is 33.8 Å². The maximum absolute atomic E-state index is 13.0. The number of aliphatic hydroxyl groups is 1. The summed E-state index contributed by atoms with van der Waals surface area (Å²) < 4.78 is 68.1. The third-order valence-electron chi connectivity index (χ3n) is 16.1. The maximum Gasteiger partial charge on any atom is 0.472 e. The minimum Gasteiger partial charge on any atom is -0.462 e. The molecule has 17 nitrogen and oxygen atoms in total. The summed E-state index contributed by atoms with van der Waals surface area (Å²) in [6.45, 7) is 11.7. The average molecular weight is 1270 g/mol. The van der Waals surface area contributed by atoms with Gasteiger partial charge >= 0.3 is 39.5 Å². The zero-order valence-corrected chi connectivity index (χ0v) is 57.6. The highest BCUT2D eigenvalue weighted by Gasteiger charge is 2.30. The molecule has 0 aromatic carbocycles. The number of hydrogen-bond donors (Lipinski definition) is 3. The third-order valence-corrected chi connectivity index (χ3v) is 18.0. The predicted octanol–water partition coefficient (Wildman–Crippen LogP) is 18.7. The molecule has 0 rings (SSSR count). The molecule has 86 heavy (non-hydrogen) atoms. The lowest BCUT2D eigenvalue weighted by atomic mass is 10.00. The van der Waals surface area contributed by atoms with Gasteiger partial charge in [-0.2, -0.15) is 0 Å². The number of unbranched alkanes of at least 4 members (excludes halogenated alkanes) is 31. The van der Waals surface area contributed by atoms with Crippen molar-refractivity contribution >= 4 is 39.5 Å². The van der Waals surface area contributed by atoms with Gasteiger partial charge in [-0.1, -0.05) is 280 Å². The second kappa shape index (κ2) is 58.2. The van der Waals surface area contributed by atoms with E-state index in [1.807, 2.05) is 0 Å². The topological polar surface area (TPSA) is 237 Å². The van der Waals surface area contributed by atoms with Crippen LogP contribution in [0, 0.1) is 17.8 Å². The molecule has 0 aromatic heterocycles. The Labute approximate surface area is 524 Å². The zero-order chi connectivity index (χ0) is 63.8. The summed E-state index contributed by atoms with van der Waals surface area (Å²) in [5.41, 5.74) is 0. The standard InChI is InChI=1S/C67H130O17P2/c1-8-11-12-13-14-15-22-25-34-41-48-64(69)77-54-63(84-67(72)51-44-37-30-28-33-40-47-60(7)10-3)57-82-86(75,76)80-53-61(68)52-79-85(73,74)81-56-62(55-78-65(70)49-42-35-29-27-32-39-46-59(6)9-2)83-66(71)50-43-36-26-23-20-18-16-17-19-21-24-31-38-45-58(4)5/h58-63,68H,8-57H2,1-7H3,(H,73,74)(H,75,76)/t59?,60?,61-,62-,63-/m1/s1. The molecule has 0 saturated carbocycles. The summed E-state index contributed by atoms with van der Waals surface area (Å²) in [5, 5.41) is 10.6. The van der Waals surface area contributed by atoms with E-state index in [1.54, 1.807) is 0 Å². The van der Waals surface area contributed by atoms with E-state index in [4.69, 9.17) is 37.0 Å². The molecule has 3 N–H and O–H groups in total. The Morgan fingerprint density at radius 3 is 0.884 bits per heavy atom. The van der Waals surface area contributed by atoms with Crippen LogP contribution in [-0.4, -0.2) is 96.7 Å². The fourth-order valence-electron chi connectivity index (χ4n) is 9.95. The van der Waals surface area contributed by atoms with E-state index in [9.17, 15) is 43.2 Å². The Morgan fingerprint density at radius 2 is 0.593 bits per heavy atom. The molecule has 0 aromatic rings. The van der Waals surface area contributed by atoms with Gasteiger partial charge in [-0.15, -0.1) is 0 Å². The van der Waals surface area contributed by atoms with Crippen LogP contribution in [-0.2, 0) is 65.4 Å². The fourth-order valence-corrected chi connectivity index (χ4v) is 11.5. The van der Waals surface area contributed by atoms with Gasteiger partial charge in [0.05, 0.1) is 26.4 Å². The summed E-state index contributed by atoms with van der Waals surface area (Å²) in [5.74, 6) is 0.103. The van der Waals surface area contributed by atoms with Crippen molar-refractivity contribution in [1.29, 1.82) is 0 Å². The van der Waals surface area contributed by atoms with Crippen molar-refractivity contribution in [2.24, 2.45) is 17.8 Å². The molecule has 0 heterocycles. The number of phosphoric acid groups is 2. The van der Waals surface area contributed by atoms with Gasteiger partial charge in [0.15, 0.2) is 12.2 Å². The number of carbonyl (C=O) groups is 4. The monoisotopic (exact) mass is 1270 g/mol. The molecule has 7 atom stereocenters. The number of esters is 4. The summed E-state index contributed by atoms with van der Waals surface area (Å²) >= 11 is 0. The van der Waals surface area contributed by atoms with E-state index < -0.39 is 97.5 Å². The van der Waals surface area contributed by atoms with Crippen molar-refractivity contribution in [2.75, 3.05) is 39.6 Å². The Hall–Kier alpha value is -1.94. The van der Waals surface area contributed by atoms with E-state index in [0.717, 1.165) is 114 Å². The van der Waals surface area contributed by atoms with Gasteiger partial charge in [0.1, 0.15) is 19.3 Å². The maximum atomic E-state index is 13.0. The Bertz CT molecular complexity index is 1700. The summed E-state index contributed by atoms with van der Waals surface area (Å²) in [6, 6.07) is 0. The van der Waals surface area contributed by atoms with Crippen LogP contribution in [0.25, 0.3) is 0 Å². The largest absolute Gasteiger partial charge is 0.472 e. The number of rotatable bonds is 65. The van der Waals surface area contributed by atoms with Crippen LogP contribution < -0.4 is 0 Å². The molecule has 0 fully saturated rings. The predicted molar refractivity (Wildman–Crippen MR) is 344 cm³/mol. The van der Waals surface area contributed by atoms with Crippen LogP contribution in [0.3, 0.4) is 0 Å². The van der Waals surface area contributed by atoms with Gasteiger partial charge in [-0.3, -0.25) is 37.3 Å². The lowest BCUT2D eigenvalue weighted by molar-refractivity contribution is -0.161. The SMILES string of the molecule is CCCCCCCCCCCCC(=O)OC[C@H](COP(=O)(O)OC[C@H](O)COP(=O)(O)OC[C@@H](COC(=O)CCCCCCCCC(C)CC)OC(=O)CCCCCCCCCCCCCCCC(C)C)OC(=O)CCCCCCCCC(C)CC. The quantitative estimate of drug-likeness (QED) is 0.0222. The van der Waals surface area contributed by atoms with E-state index in [2.05, 4.69) is 48.5 Å². The first-order valence-electron chi connectivity index (χ1n) is 34.9. The van der Waals surface area contributed by atoms with Crippen molar-refractivity contribution in [3.05, 3.63) is 0 Å². The van der Waals surface area contributed by atoms with Gasteiger partial charge in [0, 0.05) is 25.7 Å². The molecule has 0 radical (unpaired) electrons. The molecule has 0 aliphatic heterocycles. The second-order valence-electron chi connectivity index (χ2n) is 25.2. The zero-order valence-electron chi connectivity index (χ0n) is 55.8. The van der Waals surface area contributed by atoms with Crippen LogP contribution in [0.1, 0.15) is 331 Å². The highest BCUT2D eigenvalue weighted by atomic mass is 31.2. The highest BCUT2D eigenvalue weighted by molar-refractivity contribution is 7.47. The van der Waals surface area contributed by atoms with Crippen LogP contribution in [0.15, 0.2) is 0 Å². The van der Waals surface area contributed by atoms with Crippen LogP contribution in [0.2, 0.25) is 0 Å². The molecule has 0 saturated heterocycles. The molecule has 0 aliphatic rings. The average Bonchev–Trinajstić information content (AvgIpc) is 3.70. The minimum absolute atomic E-state index is 0.103. The van der Waals surface area contributed by atoms with Crippen molar-refractivity contribution in [3.63, 3.8) is 0 Å². The van der Waals surface area contributed by atoms with E-state index in [1.165, 1.54) is 135 Å². The van der Waals surface area contributed by atoms with Gasteiger partial charge in [-0.25, -0.2) is 9.13 Å². The minimum atomic E-state index is -4.95. The lowest BCUT2D eigenvalue weighted by Gasteiger charge is -2.21.